The van der Waals surface area contributed by atoms with Gasteiger partial charge >= 0.3 is 12.0 Å². The number of benzene rings is 1. The van der Waals surface area contributed by atoms with Crippen molar-refractivity contribution in [1.29, 1.82) is 0 Å². The van der Waals surface area contributed by atoms with Crippen LogP contribution in [0, 0.1) is 0 Å². The lowest BCUT2D eigenvalue weighted by Gasteiger charge is -2.38. The van der Waals surface area contributed by atoms with Gasteiger partial charge in [-0.2, -0.15) is 0 Å². The van der Waals surface area contributed by atoms with Crippen LogP contribution in [0.15, 0.2) is 35.9 Å². The highest BCUT2D eigenvalue weighted by molar-refractivity contribution is 5.87. The second-order valence-electron chi connectivity index (χ2n) is 7.84. The summed E-state index contributed by atoms with van der Waals surface area (Å²) in [5, 5.41) is 15.2. The summed E-state index contributed by atoms with van der Waals surface area (Å²) < 4.78 is 11.4. The average Bonchev–Trinajstić information content (AvgIpc) is 2.78. The zero-order valence-electron chi connectivity index (χ0n) is 19.5. The van der Waals surface area contributed by atoms with Crippen LogP contribution in [0.2, 0.25) is 0 Å². The highest BCUT2D eigenvalue weighted by Gasteiger charge is 2.38. The van der Waals surface area contributed by atoms with Gasteiger partial charge in [-0.1, -0.05) is 32.0 Å². The van der Waals surface area contributed by atoms with Crippen LogP contribution in [-0.4, -0.2) is 54.4 Å². The fraction of sp³-hybridized carbons (Fsp3) is 0.522. The zero-order chi connectivity index (χ0) is 24.4. The van der Waals surface area contributed by atoms with Gasteiger partial charge < -0.3 is 25.2 Å². The molecule has 5 N–H and O–H groups in total. The van der Waals surface area contributed by atoms with Crippen molar-refractivity contribution >= 4 is 17.9 Å². The van der Waals surface area contributed by atoms with Crippen LogP contribution in [0.5, 0.6) is 5.75 Å². The molecule has 0 aliphatic heterocycles. The largest absolute Gasteiger partial charge is 0.496 e. The van der Waals surface area contributed by atoms with Gasteiger partial charge in [0, 0.05) is 31.0 Å². The standard InChI is InChI=1S/C23H34N4O6/c1-5-17(6-2)33-20-12-16(22(29)30)11-18(21(20)25-14(3)28)26-23(31)27-24-13-15-9-7-8-10-19(15)32-4/h7-10,12,17-18,20-21,24H,5-6,11,13H2,1-4H3,(H,25,28)(H,29,30)(H2,26,27,31)/t18-,20+,21+/m0/s1. The van der Waals surface area contributed by atoms with E-state index in [9.17, 15) is 19.5 Å². The van der Waals surface area contributed by atoms with Crippen molar-refractivity contribution in [2.75, 3.05) is 7.11 Å². The molecule has 3 amide bonds. The number of ether oxygens (including phenoxy) is 2. The third-order valence-corrected chi connectivity index (χ3v) is 5.49. The summed E-state index contributed by atoms with van der Waals surface area (Å²) in [7, 11) is 1.57. The van der Waals surface area contributed by atoms with Gasteiger partial charge in [0.15, 0.2) is 0 Å². The van der Waals surface area contributed by atoms with Crippen molar-refractivity contribution in [2.24, 2.45) is 0 Å². The maximum atomic E-state index is 12.6. The third-order valence-electron chi connectivity index (χ3n) is 5.49. The Hall–Kier alpha value is -3.11. The van der Waals surface area contributed by atoms with E-state index in [1.165, 1.54) is 13.0 Å². The second-order valence-corrected chi connectivity index (χ2v) is 7.84. The Morgan fingerprint density at radius 2 is 1.85 bits per heavy atom. The van der Waals surface area contributed by atoms with Crippen molar-refractivity contribution < 1.29 is 29.0 Å². The summed E-state index contributed by atoms with van der Waals surface area (Å²) in [4.78, 5) is 36.1. The van der Waals surface area contributed by atoms with E-state index >= 15 is 0 Å². The molecule has 1 aromatic carbocycles. The molecule has 33 heavy (non-hydrogen) atoms. The van der Waals surface area contributed by atoms with Crippen LogP contribution < -0.4 is 26.2 Å². The summed E-state index contributed by atoms with van der Waals surface area (Å²) in [6.07, 6.45) is 2.25. The Morgan fingerprint density at radius 1 is 1.15 bits per heavy atom. The maximum Gasteiger partial charge on any atom is 0.331 e. The lowest BCUT2D eigenvalue weighted by atomic mass is 9.87. The van der Waals surface area contributed by atoms with E-state index in [1.54, 1.807) is 7.11 Å². The first kappa shape index (κ1) is 26.1. The molecule has 0 unspecified atom stereocenters. The number of hydrazine groups is 1. The molecular weight excluding hydrogens is 428 g/mol. The molecule has 0 fully saturated rings. The highest BCUT2D eigenvalue weighted by atomic mass is 16.5. The molecule has 0 heterocycles. The minimum atomic E-state index is -1.09. The Kier molecular flexibility index (Phi) is 10.1. The van der Waals surface area contributed by atoms with E-state index < -0.39 is 30.2 Å². The molecular formula is C23H34N4O6. The first-order valence-corrected chi connectivity index (χ1v) is 11.1. The number of rotatable bonds is 11. The van der Waals surface area contributed by atoms with E-state index in [-0.39, 0.29) is 24.0 Å². The molecule has 10 heteroatoms. The maximum absolute atomic E-state index is 12.6. The fourth-order valence-electron chi connectivity index (χ4n) is 3.78. The number of urea groups is 1. The van der Waals surface area contributed by atoms with Gasteiger partial charge in [0.25, 0.3) is 0 Å². The van der Waals surface area contributed by atoms with Crippen LogP contribution in [0.3, 0.4) is 0 Å². The van der Waals surface area contributed by atoms with Crippen molar-refractivity contribution in [3.63, 3.8) is 0 Å². The summed E-state index contributed by atoms with van der Waals surface area (Å²) in [5.74, 6) is -0.703. The number of hydrogen-bond acceptors (Lipinski definition) is 6. The molecule has 1 aliphatic rings. The topological polar surface area (TPSA) is 138 Å². The van der Waals surface area contributed by atoms with Gasteiger partial charge in [-0.25, -0.2) is 15.0 Å². The molecule has 0 saturated carbocycles. The highest BCUT2D eigenvalue weighted by Crippen LogP contribution is 2.24. The Labute approximate surface area is 194 Å². The van der Waals surface area contributed by atoms with Gasteiger partial charge in [0.1, 0.15) is 5.75 Å². The van der Waals surface area contributed by atoms with E-state index in [2.05, 4.69) is 21.5 Å². The minimum absolute atomic E-state index is 0.0446. The molecule has 0 bridgehead atoms. The molecule has 0 aromatic heterocycles. The third kappa shape index (κ3) is 7.76. The van der Waals surface area contributed by atoms with Crippen LogP contribution >= 0.6 is 0 Å². The number of carboxylic acid groups (broad SMARTS) is 1. The van der Waals surface area contributed by atoms with Gasteiger partial charge in [-0.05, 0) is 25.0 Å². The Bertz CT molecular complexity index is 855. The Morgan fingerprint density at radius 3 is 2.45 bits per heavy atom. The number of amides is 3. The van der Waals surface area contributed by atoms with Gasteiger partial charge in [-0.3, -0.25) is 10.2 Å². The number of hydrogen-bond donors (Lipinski definition) is 5. The average molecular weight is 463 g/mol. The van der Waals surface area contributed by atoms with Crippen LogP contribution in [0.25, 0.3) is 0 Å². The Balaban J connectivity index is 2.10. The molecule has 182 valence electrons. The molecule has 1 aliphatic carbocycles. The smallest absolute Gasteiger partial charge is 0.331 e. The fourth-order valence-corrected chi connectivity index (χ4v) is 3.78. The monoisotopic (exact) mass is 462 g/mol. The van der Waals surface area contributed by atoms with Gasteiger partial charge in [0.2, 0.25) is 5.91 Å². The minimum Gasteiger partial charge on any atom is -0.496 e. The van der Waals surface area contributed by atoms with Crippen molar-refractivity contribution in [2.45, 2.75) is 70.9 Å². The molecule has 0 spiro atoms. The van der Waals surface area contributed by atoms with Crippen molar-refractivity contribution in [1.82, 2.24) is 21.5 Å². The van der Waals surface area contributed by atoms with Crippen LogP contribution in [0.4, 0.5) is 4.79 Å². The van der Waals surface area contributed by atoms with E-state index in [4.69, 9.17) is 9.47 Å². The lowest BCUT2D eigenvalue weighted by molar-refractivity contribution is -0.133. The predicted molar refractivity (Wildman–Crippen MR) is 122 cm³/mol. The SMILES string of the molecule is CCC(CC)O[C@@H]1C=C(C(=O)O)C[C@H](NC(=O)NNCc2ccccc2OC)[C@H]1NC(C)=O. The second kappa shape index (κ2) is 12.8. The molecule has 1 aromatic rings. The lowest BCUT2D eigenvalue weighted by Crippen LogP contribution is -2.61. The predicted octanol–water partition coefficient (Wildman–Crippen LogP) is 1.86. The van der Waals surface area contributed by atoms with Gasteiger partial charge in [-0.15, -0.1) is 0 Å². The van der Waals surface area contributed by atoms with Crippen molar-refractivity contribution in [3.05, 3.63) is 41.5 Å². The summed E-state index contributed by atoms with van der Waals surface area (Å²) in [6, 6.07) is 5.53. The molecule has 0 radical (unpaired) electrons. The molecule has 3 atom stereocenters. The quantitative estimate of drug-likeness (QED) is 0.317. The number of carbonyl (C=O) groups is 3. The number of carboxylic acids is 1. The zero-order valence-corrected chi connectivity index (χ0v) is 19.5. The van der Waals surface area contributed by atoms with Crippen LogP contribution in [-0.2, 0) is 20.9 Å². The number of aliphatic carboxylic acids is 1. The molecule has 10 nitrogen and oxygen atoms in total. The summed E-state index contributed by atoms with van der Waals surface area (Å²) in [5.41, 5.74) is 6.35. The molecule has 0 saturated heterocycles. The first-order valence-electron chi connectivity index (χ1n) is 11.1. The molecule has 2 rings (SSSR count). The van der Waals surface area contributed by atoms with Gasteiger partial charge in [0.05, 0.1) is 31.4 Å². The number of carbonyl (C=O) groups excluding carboxylic acids is 2. The number of methoxy groups -OCH3 is 1. The van der Waals surface area contributed by atoms with E-state index in [0.29, 0.717) is 12.3 Å². The van der Waals surface area contributed by atoms with E-state index in [1.807, 2.05) is 38.1 Å². The number of nitrogens with one attached hydrogen (secondary N) is 4. The normalized spacial score (nSPS) is 20.0. The van der Waals surface area contributed by atoms with E-state index in [0.717, 1.165) is 18.4 Å². The number of para-hydroxylation sites is 1. The summed E-state index contributed by atoms with van der Waals surface area (Å²) >= 11 is 0. The van der Waals surface area contributed by atoms with Crippen LogP contribution in [0.1, 0.15) is 45.6 Å². The van der Waals surface area contributed by atoms with Crippen molar-refractivity contribution in [3.8, 4) is 5.75 Å². The first-order chi connectivity index (χ1) is 15.8. The summed E-state index contributed by atoms with van der Waals surface area (Å²) in [6.45, 7) is 5.64.